The zero-order valence-electron chi connectivity index (χ0n) is 10.8. The molecule has 1 unspecified atom stereocenters. The molecule has 0 aliphatic heterocycles. The molecule has 2 aromatic carbocycles. The minimum absolute atomic E-state index is 0.0744. The van der Waals surface area contributed by atoms with E-state index in [0.717, 1.165) is 17.7 Å². The summed E-state index contributed by atoms with van der Waals surface area (Å²) in [6.45, 7) is 1.88. The molecule has 20 heavy (non-hydrogen) atoms. The third kappa shape index (κ3) is 3.70. The number of halogens is 3. The summed E-state index contributed by atoms with van der Waals surface area (Å²) in [6, 6.07) is 8.95. The Balaban J connectivity index is 2.06. The summed E-state index contributed by atoms with van der Waals surface area (Å²) < 4.78 is 27.2. The van der Waals surface area contributed by atoms with Gasteiger partial charge < -0.3 is 10.4 Å². The first kappa shape index (κ1) is 14.8. The van der Waals surface area contributed by atoms with Gasteiger partial charge in [0.15, 0.2) is 0 Å². The van der Waals surface area contributed by atoms with Crippen LogP contribution in [0, 0.1) is 11.6 Å². The average molecular weight is 342 g/mol. The van der Waals surface area contributed by atoms with Crippen molar-refractivity contribution >= 4 is 21.6 Å². The first-order chi connectivity index (χ1) is 9.45. The minimum Gasteiger partial charge on any atom is -0.508 e. The van der Waals surface area contributed by atoms with E-state index >= 15 is 0 Å². The smallest absolute Gasteiger partial charge is 0.147 e. The van der Waals surface area contributed by atoms with E-state index in [4.69, 9.17) is 0 Å². The zero-order valence-corrected chi connectivity index (χ0v) is 12.4. The maximum atomic E-state index is 13.7. The quantitative estimate of drug-likeness (QED) is 0.804. The van der Waals surface area contributed by atoms with Crippen molar-refractivity contribution < 1.29 is 13.9 Å². The maximum absolute atomic E-state index is 13.7. The summed E-state index contributed by atoms with van der Waals surface area (Å²) in [5.74, 6) is -0.808. The number of anilines is 1. The molecule has 0 saturated heterocycles. The summed E-state index contributed by atoms with van der Waals surface area (Å²) in [7, 11) is 0. The minimum atomic E-state index is -0.509. The highest BCUT2D eigenvalue weighted by molar-refractivity contribution is 9.10. The van der Waals surface area contributed by atoms with Crippen molar-refractivity contribution in [1.82, 2.24) is 0 Å². The van der Waals surface area contributed by atoms with E-state index in [-0.39, 0.29) is 22.0 Å². The molecule has 2 aromatic rings. The molecule has 0 bridgehead atoms. The fourth-order valence-electron chi connectivity index (χ4n) is 1.94. The summed E-state index contributed by atoms with van der Waals surface area (Å²) in [5, 5.41) is 12.2. The Hall–Kier alpha value is -1.62. The second kappa shape index (κ2) is 6.22. The second-order valence-corrected chi connectivity index (χ2v) is 5.52. The Bertz CT molecular complexity index is 602. The molecule has 106 valence electrons. The van der Waals surface area contributed by atoms with Crippen LogP contribution in [0.25, 0.3) is 0 Å². The SMILES string of the molecule is CC(Cc1ccc(O)cc1)Nc1cc(F)c(Br)cc1F. The van der Waals surface area contributed by atoms with Gasteiger partial charge in [-0.1, -0.05) is 12.1 Å². The van der Waals surface area contributed by atoms with Crippen LogP contribution in [0.4, 0.5) is 14.5 Å². The predicted octanol–water partition coefficient (Wildman–Crippen LogP) is 4.48. The van der Waals surface area contributed by atoms with E-state index in [1.165, 1.54) is 0 Å². The fourth-order valence-corrected chi connectivity index (χ4v) is 2.25. The van der Waals surface area contributed by atoms with E-state index in [9.17, 15) is 13.9 Å². The molecule has 2 N–H and O–H groups in total. The van der Waals surface area contributed by atoms with Crippen molar-refractivity contribution in [2.24, 2.45) is 0 Å². The second-order valence-electron chi connectivity index (χ2n) is 4.66. The lowest BCUT2D eigenvalue weighted by Crippen LogP contribution is -2.19. The van der Waals surface area contributed by atoms with Crippen molar-refractivity contribution in [3.63, 3.8) is 0 Å². The largest absolute Gasteiger partial charge is 0.508 e. The summed E-state index contributed by atoms with van der Waals surface area (Å²) in [5.41, 5.74) is 1.14. The molecule has 0 aromatic heterocycles. The van der Waals surface area contributed by atoms with E-state index in [1.54, 1.807) is 24.3 Å². The molecule has 0 radical (unpaired) electrons. The Kier molecular flexibility index (Phi) is 4.60. The number of benzene rings is 2. The van der Waals surface area contributed by atoms with E-state index in [1.807, 2.05) is 6.92 Å². The molecule has 0 saturated carbocycles. The van der Waals surface area contributed by atoms with Gasteiger partial charge in [-0.15, -0.1) is 0 Å². The van der Waals surface area contributed by atoms with Crippen molar-refractivity contribution in [1.29, 1.82) is 0 Å². The number of rotatable bonds is 4. The highest BCUT2D eigenvalue weighted by Gasteiger charge is 2.11. The molecular weight excluding hydrogens is 328 g/mol. The standard InChI is InChI=1S/C15H14BrF2NO/c1-9(6-10-2-4-11(20)5-3-10)19-15-8-13(17)12(16)7-14(15)18/h2-5,7-9,19-20H,6H2,1H3. The summed E-state index contributed by atoms with van der Waals surface area (Å²) in [4.78, 5) is 0. The van der Waals surface area contributed by atoms with Crippen LogP contribution < -0.4 is 5.32 Å². The summed E-state index contributed by atoms with van der Waals surface area (Å²) >= 11 is 2.94. The normalized spacial score (nSPS) is 12.2. The predicted molar refractivity (Wildman–Crippen MR) is 79.0 cm³/mol. The van der Waals surface area contributed by atoms with Gasteiger partial charge in [-0.2, -0.15) is 0 Å². The Morgan fingerprint density at radius 3 is 2.45 bits per heavy atom. The maximum Gasteiger partial charge on any atom is 0.147 e. The third-order valence-electron chi connectivity index (χ3n) is 2.89. The topological polar surface area (TPSA) is 32.3 Å². The van der Waals surface area contributed by atoms with Gasteiger partial charge in [-0.3, -0.25) is 0 Å². The van der Waals surface area contributed by atoms with Crippen molar-refractivity contribution in [3.8, 4) is 5.75 Å². The Labute approximate surface area is 124 Å². The van der Waals surface area contributed by atoms with Crippen LogP contribution in [-0.4, -0.2) is 11.1 Å². The number of nitrogens with one attached hydrogen (secondary N) is 1. The van der Waals surface area contributed by atoms with Crippen molar-refractivity contribution in [2.75, 3.05) is 5.32 Å². The van der Waals surface area contributed by atoms with Crippen LogP contribution >= 0.6 is 15.9 Å². The fraction of sp³-hybridized carbons (Fsp3) is 0.200. The zero-order chi connectivity index (χ0) is 14.7. The molecule has 0 aliphatic rings. The Morgan fingerprint density at radius 1 is 1.15 bits per heavy atom. The molecule has 0 amide bonds. The lowest BCUT2D eigenvalue weighted by Gasteiger charge is -2.16. The number of phenols is 1. The van der Waals surface area contributed by atoms with E-state index < -0.39 is 11.6 Å². The molecular formula is C15H14BrF2NO. The van der Waals surface area contributed by atoms with Gasteiger partial charge in [0, 0.05) is 12.1 Å². The molecule has 0 fully saturated rings. The van der Waals surface area contributed by atoms with Crippen LogP contribution in [0.5, 0.6) is 5.75 Å². The highest BCUT2D eigenvalue weighted by atomic mass is 79.9. The molecule has 0 heterocycles. The van der Waals surface area contributed by atoms with Crippen LogP contribution in [-0.2, 0) is 6.42 Å². The van der Waals surface area contributed by atoms with E-state index in [2.05, 4.69) is 21.2 Å². The highest BCUT2D eigenvalue weighted by Crippen LogP contribution is 2.24. The molecule has 2 nitrogen and oxygen atoms in total. The van der Waals surface area contributed by atoms with Crippen molar-refractivity contribution in [2.45, 2.75) is 19.4 Å². The molecule has 1 atom stereocenters. The Morgan fingerprint density at radius 2 is 1.80 bits per heavy atom. The molecule has 0 spiro atoms. The first-order valence-corrected chi connectivity index (χ1v) is 6.94. The molecule has 5 heteroatoms. The monoisotopic (exact) mass is 341 g/mol. The van der Waals surface area contributed by atoms with Gasteiger partial charge in [0.05, 0.1) is 10.2 Å². The number of aromatic hydroxyl groups is 1. The van der Waals surface area contributed by atoms with E-state index in [0.29, 0.717) is 6.42 Å². The van der Waals surface area contributed by atoms with Crippen LogP contribution in [0.2, 0.25) is 0 Å². The van der Waals surface area contributed by atoms with Crippen LogP contribution in [0.1, 0.15) is 12.5 Å². The third-order valence-corrected chi connectivity index (χ3v) is 3.50. The molecule has 0 aliphatic carbocycles. The average Bonchev–Trinajstić information content (AvgIpc) is 2.39. The number of hydrogen-bond donors (Lipinski definition) is 2. The van der Waals surface area contributed by atoms with Gasteiger partial charge in [0.1, 0.15) is 17.4 Å². The number of hydrogen-bond acceptors (Lipinski definition) is 2. The van der Waals surface area contributed by atoms with Gasteiger partial charge in [0.25, 0.3) is 0 Å². The summed E-state index contributed by atoms with van der Waals surface area (Å²) in [6.07, 6.45) is 0.636. The molecule has 2 rings (SSSR count). The van der Waals surface area contributed by atoms with Gasteiger partial charge in [0.2, 0.25) is 0 Å². The van der Waals surface area contributed by atoms with Gasteiger partial charge in [-0.25, -0.2) is 8.78 Å². The van der Waals surface area contributed by atoms with Gasteiger partial charge in [-0.05, 0) is 53.0 Å². The lowest BCUT2D eigenvalue weighted by molar-refractivity contribution is 0.475. The van der Waals surface area contributed by atoms with Crippen molar-refractivity contribution in [3.05, 3.63) is 58.1 Å². The van der Waals surface area contributed by atoms with Gasteiger partial charge >= 0.3 is 0 Å². The van der Waals surface area contributed by atoms with Crippen LogP contribution in [0.15, 0.2) is 40.9 Å². The number of phenolic OH excluding ortho intramolecular Hbond substituents is 1. The van der Waals surface area contributed by atoms with Crippen LogP contribution in [0.3, 0.4) is 0 Å². The lowest BCUT2D eigenvalue weighted by atomic mass is 10.1. The first-order valence-electron chi connectivity index (χ1n) is 6.14.